The second-order valence-electron chi connectivity index (χ2n) is 5.69. The van der Waals surface area contributed by atoms with E-state index in [-0.39, 0.29) is 17.8 Å². The van der Waals surface area contributed by atoms with E-state index in [1.807, 2.05) is 17.9 Å². The summed E-state index contributed by atoms with van der Waals surface area (Å²) >= 11 is 0. The number of carbonyl (C=O) groups is 1. The van der Waals surface area contributed by atoms with Crippen LogP contribution in [0.1, 0.15) is 32.8 Å². The first-order chi connectivity index (χ1) is 10.0. The molecule has 1 atom stereocenters. The van der Waals surface area contributed by atoms with E-state index in [2.05, 4.69) is 24.5 Å². The van der Waals surface area contributed by atoms with Crippen LogP contribution in [0.5, 0.6) is 0 Å². The smallest absolute Gasteiger partial charge is 0.242 e. The fourth-order valence-corrected chi connectivity index (χ4v) is 2.73. The Morgan fingerprint density at radius 1 is 1.48 bits per heavy atom. The maximum absolute atomic E-state index is 14.4. The van der Waals surface area contributed by atoms with Crippen LogP contribution in [0.2, 0.25) is 0 Å². The van der Waals surface area contributed by atoms with E-state index in [9.17, 15) is 9.18 Å². The molecule has 21 heavy (non-hydrogen) atoms. The zero-order chi connectivity index (χ0) is 15.4. The number of para-hydroxylation sites is 1. The van der Waals surface area contributed by atoms with Crippen molar-refractivity contribution in [1.29, 1.82) is 0 Å². The van der Waals surface area contributed by atoms with Gasteiger partial charge in [0.2, 0.25) is 5.91 Å². The van der Waals surface area contributed by atoms with E-state index < -0.39 is 0 Å². The van der Waals surface area contributed by atoms with Crippen LogP contribution in [0.15, 0.2) is 18.2 Å². The van der Waals surface area contributed by atoms with Gasteiger partial charge in [-0.25, -0.2) is 4.39 Å². The third-order valence-electron chi connectivity index (χ3n) is 3.78. The van der Waals surface area contributed by atoms with Crippen LogP contribution >= 0.6 is 0 Å². The van der Waals surface area contributed by atoms with Gasteiger partial charge in [-0.05, 0) is 18.1 Å². The van der Waals surface area contributed by atoms with E-state index in [0.717, 1.165) is 5.56 Å². The fourth-order valence-electron chi connectivity index (χ4n) is 2.73. The Kier molecular flexibility index (Phi) is 5.17. The molecule has 0 spiro atoms. The second-order valence-corrected chi connectivity index (χ2v) is 5.69. The SMILES string of the molecule is CCC1C(=O)NCCN1c1c(F)cccc1CNC(C)C. The zero-order valence-corrected chi connectivity index (χ0v) is 12.9. The molecular weight excluding hydrogens is 269 g/mol. The number of benzene rings is 1. The third kappa shape index (κ3) is 3.53. The van der Waals surface area contributed by atoms with E-state index in [0.29, 0.717) is 37.8 Å². The molecule has 1 saturated heterocycles. The second kappa shape index (κ2) is 6.89. The summed E-state index contributed by atoms with van der Waals surface area (Å²) in [5.74, 6) is -0.277. The molecule has 0 saturated carbocycles. The van der Waals surface area contributed by atoms with Crippen LogP contribution in [-0.2, 0) is 11.3 Å². The Hall–Kier alpha value is -1.62. The molecule has 0 bridgehead atoms. The number of carbonyl (C=O) groups excluding carboxylic acids is 1. The Balaban J connectivity index is 2.34. The average molecular weight is 293 g/mol. The number of amides is 1. The molecule has 1 aromatic carbocycles. The summed E-state index contributed by atoms with van der Waals surface area (Å²) in [5.41, 5.74) is 1.46. The van der Waals surface area contributed by atoms with Crippen molar-refractivity contribution in [2.75, 3.05) is 18.0 Å². The molecule has 1 aromatic rings. The molecule has 4 nitrogen and oxygen atoms in total. The monoisotopic (exact) mass is 293 g/mol. The highest BCUT2D eigenvalue weighted by atomic mass is 19.1. The first-order valence-electron chi connectivity index (χ1n) is 7.59. The highest BCUT2D eigenvalue weighted by molar-refractivity contribution is 5.86. The maximum atomic E-state index is 14.4. The Morgan fingerprint density at radius 2 is 2.24 bits per heavy atom. The minimum absolute atomic E-state index is 0.0187. The van der Waals surface area contributed by atoms with Crippen LogP contribution < -0.4 is 15.5 Å². The molecule has 0 aromatic heterocycles. The molecule has 2 N–H and O–H groups in total. The topological polar surface area (TPSA) is 44.4 Å². The lowest BCUT2D eigenvalue weighted by molar-refractivity contribution is -0.123. The van der Waals surface area contributed by atoms with Gasteiger partial charge in [-0.3, -0.25) is 4.79 Å². The van der Waals surface area contributed by atoms with Crippen molar-refractivity contribution >= 4 is 11.6 Å². The van der Waals surface area contributed by atoms with Gasteiger partial charge < -0.3 is 15.5 Å². The molecule has 1 aliphatic heterocycles. The predicted molar refractivity (Wildman–Crippen MR) is 82.8 cm³/mol. The number of hydrogen-bond donors (Lipinski definition) is 2. The highest BCUT2D eigenvalue weighted by Crippen LogP contribution is 2.28. The van der Waals surface area contributed by atoms with Crippen molar-refractivity contribution in [2.24, 2.45) is 0 Å². The summed E-state index contributed by atoms with van der Waals surface area (Å²) in [6, 6.07) is 5.14. The minimum atomic E-state index is -0.298. The summed E-state index contributed by atoms with van der Waals surface area (Å²) in [5, 5.41) is 6.17. The quantitative estimate of drug-likeness (QED) is 0.873. The predicted octanol–water partition coefficient (Wildman–Crippen LogP) is 2.04. The minimum Gasteiger partial charge on any atom is -0.355 e. The molecule has 2 rings (SSSR count). The van der Waals surface area contributed by atoms with Crippen molar-refractivity contribution in [3.8, 4) is 0 Å². The largest absolute Gasteiger partial charge is 0.355 e. The van der Waals surface area contributed by atoms with Gasteiger partial charge in [-0.2, -0.15) is 0 Å². The fraction of sp³-hybridized carbons (Fsp3) is 0.562. The lowest BCUT2D eigenvalue weighted by atomic mass is 10.0. The molecule has 0 radical (unpaired) electrons. The van der Waals surface area contributed by atoms with Crippen LogP contribution in [0, 0.1) is 5.82 Å². The maximum Gasteiger partial charge on any atom is 0.242 e. The van der Waals surface area contributed by atoms with E-state index in [1.54, 1.807) is 6.07 Å². The molecule has 116 valence electrons. The van der Waals surface area contributed by atoms with Gasteiger partial charge in [0, 0.05) is 25.7 Å². The van der Waals surface area contributed by atoms with Crippen molar-refractivity contribution in [1.82, 2.24) is 10.6 Å². The number of hydrogen-bond acceptors (Lipinski definition) is 3. The van der Waals surface area contributed by atoms with Crippen molar-refractivity contribution in [3.05, 3.63) is 29.6 Å². The van der Waals surface area contributed by atoms with Crippen molar-refractivity contribution in [3.63, 3.8) is 0 Å². The van der Waals surface area contributed by atoms with Crippen molar-refractivity contribution in [2.45, 2.75) is 45.8 Å². The van der Waals surface area contributed by atoms with E-state index in [1.165, 1.54) is 6.07 Å². The molecule has 1 unspecified atom stereocenters. The summed E-state index contributed by atoms with van der Waals surface area (Å²) in [7, 11) is 0. The summed E-state index contributed by atoms with van der Waals surface area (Å²) < 4.78 is 14.4. The van der Waals surface area contributed by atoms with Gasteiger partial charge in [0.1, 0.15) is 11.9 Å². The Bertz CT molecular complexity index is 504. The Labute approximate surface area is 125 Å². The molecule has 1 heterocycles. The number of piperazine rings is 1. The molecular formula is C16H24FN3O. The molecule has 1 fully saturated rings. The van der Waals surface area contributed by atoms with Crippen LogP contribution in [0.25, 0.3) is 0 Å². The lowest BCUT2D eigenvalue weighted by Crippen LogP contribution is -2.55. The zero-order valence-electron chi connectivity index (χ0n) is 12.9. The first kappa shape index (κ1) is 15.8. The van der Waals surface area contributed by atoms with Gasteiger partial charge in [0.15, 0.2) is 0 Å². The van der Waals surface area contributed by atoms with Crippen LogP contribution in [0.3, 0.4) is 0 Å². The van der Waals surface area contributed by atoms with Crippen molar-refractivity contribution < 1.29 is 9.18 Å². The first-order valence-corrected chi connectivity index (χ1v) is 7.59. The molecule has 5 heteroatoms. The number of halogens is 1. The molecule has 1 aliphatic rings. The van der Waals surface area contributed by atoms with Gasteiger partial charge in [-0.15, -0.1) is 0 Å². The average Bonchev–Trinajstić information content (AvgIpc) is 2.45. The number of nitrogens with one attached hydrogen (secondary N) is 2. The van der Waals surface area contributed by atoms with Crippen LogP contribution in [-0.4, -0.2) is 31.1 Å². The standard InChI is InChI=1S/C16H24FN3O/c1-4-14-16(21)18-8-9-20(14)15-12(10-19-11(2)3)6-5-7-13(15)17/h5-7,11,14,19H,4,8-10H2,1-3H3,(H,18,21). The normalized spacial score (nSPS) is 19.0. The van der Waals surface area contributed by atoms with Gasteiger partial charge in [-0.1, -0.05) is 32.9 Å². The number of nitrogens with zero attached hydrogens (tertiary/aromatic N) is 1. The highest BCUT2D eigenvalue weighted by Gasteiger charge is 2.31. The van der Waals surface area contributed by atoms with E-state index >= 15 is 0 Å². The summed E-state index contributed by atoms with van der Waals surface area (Å²) in [6.45, 7) is 7.86. The van der Waals surface area contributed by atoms with Crippen LogP contribution in [0.4, 0.5) is 10.1 Å². The molecule has 0 aliphatic carbocycles. The summed E-state index contributed by atoms with van der Waals surface area (Å²) in [6.07, 6.45) is 0.664. The lowest BCUT2D eigenvalue weighted by Gasteiger charge is -2.37. The van der Waals surface area contributed by atoms with Gasteiger partial charge in [0.05, 0.1) is 5.69 Å². The number of rotatable bonds is 5. The third-order valence-corrected chi connectivity index (χ3v) is 3.78. The number of anilines is 1. The van der Waals surface area contributed by atoms with Gasteiger partial charge in [0.25, 0.3) is 0 Å². The molecule has 1 amide bonds. The summed E-state index contributed by atoms with van der Waals surface area (Å²) in [4.78, 5) is 13.9. The van der Waals surface area contributed by atoms with Gasteiger partial charge >= 0.3 is 0 Å². The van der Waals surface area contributed by atoms with E-state index in [4.69, 9.17) is 0 Å². The Morgan fingerprint density at radius 3 is 2.90 bits per heavy atom.